The Balaban J connectivity index is 1.59. The smallest absolute Gasteiger partial charge is 0.416 e. The number of fused-ring (bicyclic) bond motifs is 1. The number of carbonyl (C=O) groups is 2. The second-order valence-electron chi connectivity index (χ2n) is 12.9. The molecule has 49 heavy (non-hydrogen) atoms. The molecule has 14 nitrogen and oxygen atoms in total. The fourth-order valence-corrected chi connectivity index (χ4v) is 7.42. The normalized spacial score (nSPS) is 21.6. The highest BCUT2D eigenvalue weighted by Gasteiger charge is 2.40. The maximum Gasteiger partial charge on any atom is 0.416 e. The number of aromatic amines is 1. The average molecular weight is 698 g/mol. The van der Waals surface area contributed by atoms with E-state index in [2.05, 4.69) is 41.6 Å². The van der Waals surface area contributed by atoms with Crippen molar-refractivity contribution in [1.29, 1.82) is 5.26 Å². The van der Waals surface area contributed by atoms with Crippen molar-refractivity contribution in [3.05, 3.63) is 29.3 Å². The molecule has 1 saturated heterocycles. The van der Waals surface area contributed by atoms with Gasteiger partial charge in [-0.3, -0.25) is 9.31 Å². The van der Waals surface area contributed by atoms with E-state index in [0.717, 1.165) is 51.4 Å². The number of anilines is 1. The fourth-order valence-electron chi connectivity index (χ4n) is 7.08. The van der Waals surface area contributed by atoms with Crippen LogP contribution in [0, 0.1) is 29.1 Å². The number of nitrogens with zero attached hydrogens (tertiary/aromatic N) is 4. The van der Waals surface area contributed by atoms with Gasteiger partial charge in [-0.25, -0.2) is 19.1 Å². The van der Waals surface area contributed by atoms with Gasteiger partial charge in [-0.1, -0.05) is 46.5 Å². The van der Waals surface area contributed by atoms with Gasteiger partial charge in [0.1, 0.15) is 29.0 Å². The lowest BCUT2D eigenvalue weighted by molar-refractivity contribution is -0.0393. The predicted octanol–water partition coefficient (Wildman–Crippen LogP) is 5.81. The number of amides is 1. The first-order valence-corrected chi connectivity index (χ1v) is 18.1. The number of methoxy groups -OCH3 is 1. The molecular weight excluding hydrogens is 652 g/mol. The average Bonchev–Trinajstić information content (AvgIpc) is 3.64. The largest absolute Gasteiger partial charge is 0.755 e. The number of hydrogen-bond donors (Lipinski definition) is 2. The Morgan fingerprint density at radius 1 is 1.16 bits per heavy atom. The number of aromatic nitrogens is 3. The zero-order valence-electron chi connectivity index (χ0n) is 28.5. The molecule has 1 saturated carbocycles. The maximum absolute atomic E-state index is 14.3. The molecule has 3 aromatic rings. The molecule has 5 rings (SSSR count). The molecule has 3 atom stereocenters. The molecule has 1 aromatic carbocycles. The number of ether oxygens (including phenoxy) is 4. The van der Waals surface area contributed by atoms with Crippen LogP contribution in [0.5, 0.6) is 11.6 Å². The summed E-state index contributed by atoms with van der Waals surface area (Å²) < 4.78 is 49.4. The summed E-state index contributed by atoms with van der Waals surface area (Å²) in [6.07, 6.45) is 6.86. The van der Waals surface area contributed by atoms with Crippen LogP contribution >= 0.6 is 0 Å². The van der Waals surface area contributed by atoms with Gasteiger partial charge >= 0.3 is 12.1 Å². The number of rotatable bonds is 13. The third-order valence-electron chi connectivity index (χ3n) is 9.41. The van der Waals surface area contributed by atoms with E-state index in [1.54, 1.807) is 12.1 Å². The quantitative estimate of drug-likeness (QED) is 0.163. The van der Waals surface area contributed by atoms with Gasteiger partial charge < -0.3 is 33.1 Å². The Bertz CT molecular complexity index is 1680. The van der Waals surface area contributed by atoms with Gasteiger partial charge in [-0.05, 0) is 61.6 Å². The number of carbonyl (C=O) groups excluding carboxylic acids is 2. The summed E-state index contributed by atoms with van der Waals surface area (Å²) in [6.45, 7) is 7.85. The van der Waals surface area contributed by atoms with Gasteiger partial charge in [-0.15, -0.1) is 0 Å². The van der Waals surface area contributed by atoms with Crippen molar-refractivity contribution < 1.29 is 37.3 Å². The maximum atomic E-state index is 14.3. The second-order valence-corrected chi connectivity index (χ2v) is 13.5. The van der Waals surface area contributed by atoms with Crippen LogP contribution in [0.2, 0.25) is 0 Å². The Morgan fingerprint density at radius 2 is 1.84 bits per heavy atom. The van der Waals surface area contributed by atoms with Crippen molar-refractivity contribution in [2.24, 2.45) is 17.8 Å². The highest BCUT2D eigenvalue weighted by molar-refractivity contribution is 7.80. The summed E-state index contributed by atoms with van der Waals surface area (Å²) in [6, 6.07) is 6.80. The molecule has 1 aliphatic carbocycles. The Kier molecular flexibility index (Phi) is 12.2. The van der Waals surface area contributed by atoms with Crippen molar-refractivity contribution in [2.45, 2.75) is 78.2 Å². The summed E-state index contributed by atoms with van der Waals surface area (Å²) in [4.78, 5) is 33.8. The number of nitriles is 1. The van der Waals surface area contributed by atoms with E-state index in [1.165, 1.54) is 22.6 Å². The highest BCUT2D eigenvalue weighted by atomic mass is 32.2. The minimum atomic E-state index is -2.63. The SMILES string of the molecule is CCCCC1CC(C)CC(CCCC)C1OC(=O)c1c(C#N)c(OC(=O)N2CCOCC2)n2[nH]c(-c3ccc(OC)c(NS(=O)[O-])c3)nc12. The molecule has 0 radical (unpaired) electrons. The minimum absolute atomic E-state index is 0.0402. The van der Waals surface area contributed by atoms with Gasteiger partial charge in [0.05, 0.1) is 26.0 Å². The molecular formula is C34H45N6O8S-. The highest BCUT2D eigenvalue weighted by Crippen LogP contribution is 2.42. The minimum Gasteiger partial charge on any atom is -0.755 e. The molecule has 2 aromatic heterocycles. The van der Waals surface area contributed by atoms with Crippen LogP contribution in [-0.2, 0) is 20.7 Å². The number of nitrogens with one attached hydrogen (secondary N) is 2. The van der Waals surface area contributed by atoms with Gasteiger partial charge in [0.25, 0.3) is 0 Å². The predicted molar refractivity (Wildman–Crippen MR) is 181 cm³/mol. The molecule has 2 N–H and O–H groups in total. The molecule has 1 aliphatic heterocycles. The number of esters is 1. The zero-order chi connectivity index (χ0) is 35.1. The lowest BCUT2D eigenvalue weighted by Crippen LogP contribution is -2.42. The second kappa shape index (κ2) is 16.5. The molecule has 3 unspecified atom stereocenters. The first-order chi connectivity index (χ1) is 23.7. The Labute approximate surface area is 288 Å². The van der Waals surface area contributed by atoms with E-state index in [9.17, 15) is 23.6 Å². The Morgan fingerprint density at radius 3 is 2.43 bits per heavy atom. The van der Waals surface area contributed by atoms with Crippen LogP contribution in [0.1, 0.15) is 88.1 Å². The number of H-pyrrole nitrogens is 1. The summed E-state index contributed by atoms with van der Waals surface area (Å²) in [5.74, 6) is 0.466. The lowest BCUT2D eigenvalue weighted by atomic mass is 9.70. The first-order valence-electron chi connectivity index (χ1n) is 17.0. The van der Waals surface area contributed by atoms with Crippen LogP contribution in [-0.4, -0.2) is 79.8 Å². The van der Waals surface area contributed by atoms with E-state index in [-0.39, 0.29) is 57.9 Å². The van der Waals surface area contributed by atoms with Crippen LogP contribution < -0.4 is 14.2 Å². The fraction of sp³-hybridized carbons (Fsp3) is 0.588. The van der Waals surface area contributed by atoms with E-state index in [0.29, 0.717) is 37.8 Å². The van der Waals surface area contributed by atoms with Crippen molar-refractivity contribution >= 4 is 34.7 Å². The molecule has 2 fully saturated rings. The molecule has 266 valence electrons. The molecule has 0 spiro atoms. The van der Waals surface area contributed by atoms with E-state index in [4.69, 9.17) is 18.9 Å². The van der Waals surface area contributed by atoms with Crippen LogP contribution in [0.25, 0.3) is 17.0 Å². The van der Waals surface area contributed by atoms with Gasteiger partial charge in [0.15, 0.2) is 11.5 Å². The third-order valence-corrected chi connectivity index (χ3v) is 9.80. The number of morpholine rings is 1. The van der Waals surface area contributed by atoms with E-state index in [1.807, 2.05) is 0 Å². The zero-order valence-corrected chi connectivity index (χ0v) is 29.3. The summed E-state index contributed by atoms with van der Waals surface area (Å²) in [7, 11) is 1.41. The number of benzene rings is 1. The molecule has 2 aliphatic rings. The van der Waals surface area contributed by atoms with Crippen molar-refractivity contribution in [2.75, 3.05) is 38.1 Å². The third kappa shape index (κ3) is 8.20. The molecule has 0 bridgehead atoms. The monoisotopic (exact) mass is 697 g/mol. The topological polar surface area (TPSA) is 183 Å². The van der Waals surface area contributed by atoms with Crippen LogP contribution in [0.3, 0.4) is 0 Å². The number of unbranched alkanes of at least 4 members (excludes halogenated alkanes) is 2. The van der Waals surface area contributed by atoms with Crippen molar-refractivity contribution in [1.82, 2.24) is 19.5 Å². The van der Waals surface area contributed by atoms with E-state index < -0.39 is 23.3 Å². The number of hydrogen-bond acceptors (Lipinski definition) is 10. The summed E-state index contributed by atoms with van der Waals surface area (Å²) in [5.41, 5.74) is 0.354. The van der Waals surface area contributed by atoms with Crippen LogP contribution in [0.15, 0.2) is 18.2 Å². The molecule has 15 heteroatoms. The van der Waals surface area contributed by atoms with E-state index >= 15 is 0 Å². The molecule has 1 amide bonds. The molecule has 3 heterocycles. The van der Waals surface area contributed by atoms with Crippen LogP contribution in [0.4, 0.5) is 10.5 Å². The first kappa shape index (κ1) is 36.2. The van der Waals surface area contributed by atoms with Gasteiger partial charge in [-0.2, -0.15) is 5.26 Å². The Hall–Kier alpha value is -4.13. The van der Waals surface area contributed by atoms with Gasteiger partial charge in [0, 0.05) is 29.9 Å². The van der Waals surface area contributed by atoms with Crippen molar-refractivity contribution in [3.63, 3.8) is 0 Å². The summed E-state index contributed by atoms with van der Waals surface area (Å²) >= 11 is -2.63. The van der Waals surface area contributed by atoms with Gasteiger partial charge in [0.2, 0.25) is 5.88 Å². The standard InChI is InChI=1S/C34H46N6O8S/c1-5-7-9-22-17-21(3)18-23(10-8-6-2)29(22)47-33(41)28-25(20-35)32(48-34(42)39-13-15-46-16-14-39)40-31(28)36-30(37-40)24-11-12-27(45-4)26(19-24)38-49(43)44/h11-12,19,21-23,29,38H,5-10,13-18H2,1-4H3,(H,36,37)(H,43,44)/p-1. The van der Waals surface area contributed by atoms with Crippen molar-refractivity contribution in [3.8, 4) is 29.1 Å². The lowest BCUT2D eigenvalue weighted by Gasteiger charge is -2.40. The summed E-state index contributed by atoms with van der Waals surface area (Å²) in [5, 5.41) is 13.5.